The summed E-state index contributed by atoms with van der Waals surface area (Å²) in [7, 11) is 0. The number of hydrogen-bond acceptors (Lipinski definition) is 4. The zero-order chi connectivity index (χ0) is 26.2. The van der Waals surface area contributed by atoms with Gasteiger partial charge in [0.25, 0.3) is 11.8 Å². The highest BCUT2D eigenvalue weighted by atomic mass is 16.2. The molecule has 0 radical (unpaired) electrons. The number of carbonyl (C=O) groups excluding carboxylic acids is 4. The van der Waals surface area contributed by atoms with Gasteiger partial charge in [-0.05, 0) is 55.0 Å². The molecule has 2 saturated heterocycles. The number of carbonyl (C=O) groups is 4. The molecular weight excluding hydrogens is 480 g/mol. The molecule has 3 aliphatic heterocycles. The van der Waals surface area contributed by atoms with Gasteiger partial charge in [-0.3, -0.25) is 24.5 Å². The minimum absolute atomic E-state index is 0.0750. The maximum atomic E-state index is 13.1. The third-order valence-electron chi connectivity index (χ3n) is 7.87. The first kappa shape index (κ1) is 24.0. The van der Waals surface area contributed by atoms with Crippen molar-refractivity contribution in [2.75, 3.05) is 13.1 Å². The van der Waals surface area contributed by atoms with Crippen molar-refractivity contribution in [3.63, 3.8) is 0 Å². The van der Waals surface area contributed by atoms with E-state index >= 15 is 0 Å². The number of nitrogens with one attached hydrogen (secondary N) is 2. The van der Waals surface area contributed by atoms with Crippen LogP contribution in [-0.4, -0.2) is 57.5 Å². The van der Waals surface area contributed by atoms with E-state index in [1.807, 2.05) is 41.3 Å². The highest BCUT2D eigenvalue weighted by Crippen LogP contribution is 2.28. The molecule has 8 heteroatoms. The number of amides is 4. The number of aromatic nitrogens is 1. The Hall–Kier alpha value is -4.38. The third-order valence-corrected chi connectivity index (χ3v) is 7.87. The van der Waals surface area contributed by atoms with Crippen molar-refractivity contribution < 1.29 is 19.2 Å². The maximum absolute atomic E-state index is 13.1. The van der Waals surface area contributed by atoms with E-state index in [0.717, 1.165) is 59.9 Å². The summed E-state index contributed by atoms with van der Waals surface area (Å²) >= 11 is 0. The Morgan fingerprint density at radius 2 is 1.84 bits per heavy atom. The van der Waals surface area contributed by atoms with Crippen molar-refractivity contribution in [2.24, 2.45) is 5.92 Å². The van der Waals surface area contributed by atoms with E-state index in [9.17, 15) is 19.2 Å². The van der Waals surface area contributed by atoms with Gasteiger partial charge in [-0.2, -0.15) is 0 Å². The van der Waals surface area contributed by atoms with E-state index in [4.69, 9.17) is 0 Å². The van der Waals surface area contributed by atoms with E-state index in [2.05, 4.69) is 22.1 Å². The molecular formula is C30H28N4O4. The van der Waals surface area contributed by atoms with E-state index in [1.54, 1.807) is 17.2 Å². The average molecular weight is 509 g/mol. The minimum atomic E-state index is -0.615. The lowest BCUT2D eigenvalue weighted by Gasteiger charge is -2.31. The van der Waals surface area contributed by atoms with Gasteiger partial charge in [0, 0.05) is 60.7 Å². The van der Waals surface area contributed by atoms with Crippen molar-refractivity contribution in [1.29, 1.82) is 0 Å². The van der Waals surface area contributed by atoms with Crippen LogP contribution < -0.4 is 5.32 Å². The fourth-order valence-corrected chi connectivity index (χ4v) is 5.71. The van der Waals surface area contributed by atoms with E-state index in [1.165, 1.54) is 0 Å². The van der Waals surface area contributed by atoms with Crippen LogP contribution in [0.1, 0.15) is 63.9 Å². The molecule has 0 spiro atoms. The van der Waals surface area contributed by atoms with Crippen LogP contribution >= 0.6 is 0 Å². The molecule has 3 aromatic rings. The number of imide groups is 1. The normalized spacial score (nSPS) is 19.8. The molecule has 0 bridgehead atoms. The summed E-state index contributed by atoms with van der Waals surface area (Å²) in [6.45, 7) is 1.79. The van der Waals surface area contributed by atoms with Crippen molar-refractivity contribution in [3.05, 3.63) is 70.9 Å². The van der Waals surface area contributed by atoms with Gasteiger partial charge in [0.05, 0.1) is 5.56 Å². The first-order chi connectivity index (χ1) is 18.5. The van der Waals surface area contributed by atoms with Gasteiger partial charge < -0.3 is 14.8 Å². The molecule has 3 aliphatic rings. The first-order valence-electron chi connectivity index (χ1n) is 13.1. The van der Waals surface area contributed by atoms with Gasteiger partial charge in [-0.1, -0.05) is 30.0 Å². The Kier molecular flexibility index (Phi) is 6.20. The minimum Gasteiger partial charge on any atom is -0.360 e. The van der Waals surface area contributed by atoms with Crippen LogP contribution in [0.5, 0.6) is 0 Å². The van der Waals surface area contributed by atoms with Crippen LogP contribution in [0.15, 0.2) is 48.7 Å². The number of hydrogen-bond donors (Lipinski definition) is 2. The molecule has 0 aliphatic carbocycles. The van der Waals surface area contributed by atoms with Crippen LogP contribution in [0.25, 0.3) is 10.9 Å². The van der Waals surface area contributed by atoms with Gasteiger partial charge in [-0.25, -0.2) is 0 Å². The zero-order valence-corrected chi connectivity index (χ0v) is 21.0. The van der Waals surface area contributed by atoms with Gasteiger partial charge in [0.2, 0.25) is 11.8 Å². The molecule has 4 amide bonds. The van der Waals surface area contributed by atoms with Gasteiger partial charge in [0.15, 0.2) is 0 Å². The Morgan fingerprint density at radius 3 is 2.66 bits per heavy atom. The predicted molar refractivity (Wildman–Crippen MR) is 141 cm³/mol. The van der Waals surface area contributed by atoms with Crippen molar-refractivity contribution >= 4 is 34.5 Å². The van der Waals surface area contributed by atoms with Crippen molar-refractivity contribution in [1.82, 2.24) is 20.1 Å². The summed E-state index contributed by atoms with van der Waals surface area (Å²) < 4.78 is 0. The summed E-state index contributed by atoms with van der Waals surface area (Å²) in [5.41, 5.74) is 3.99. The Bertz CT molecular complexity index is 1520. The summed E-state index contributed by atoms with van der Waals surface area (Å²) in [6.07, 6.45) is 4.99. The fourth-order valence-electron chi connectivity index (χ4n) is 5.71. The smallest absolute Gasteiger partial charge is 0.256 e. The number of H-pyrrole nitrogens is 1. The highest BCUT2D eigenvalue weighted by molar-refractivity contribution is 6.07. The zero-order valence-electron chi connectivity index (χ0n) is 21.0. The van der Waals surface area contributed by atoms with Crippen LogP contribution in [0.3, 0.4) is 0 Å². The Morgan fingerprint density at radius 1 is 1.03 bits per heavy atom. The number of rotatable bonds is 3. The lowest BCUT2D eigenvalue weighted by atomic mass is 9.93. The number of aromatic amines is 1. The lowest BCUT2D eigenvalue weighted by molar-refractivity contribution is -0.136. The van der Waals surface area contributed by atoms with E-state index < -0.39 is 11.9 Å². The van der Waals surface area contributed by atoms with Crippen molar-refractivity contribution in [2.45, 2.75) is 44.7 Å². The van der Waals surface area contributed by atoms with Crippen LogP contribution in [0, 0.1) is 17.8 Å². The first-order valence-corrected chi connectivity index (χ1v) is 13.1. The molecule has 2 N–H and O–H groups in total. The molecule has 4 heterocycles. The number of fused-ring (bicyclic) bond motifs is 2. The number of benzene rings is 2. The third kappa shape index (κ3) is 4.45. The monoisotopic (exact) mass is 508 g/mol. The second-order valence-corrected chi connectivity index (χ2v) is 10.3. The number of nitrogens with zero attached hydrogens (tertiary/aromatic N) is 2. The van der Waals surface area contributed by atoms with Crippen LogP contribution in [-0.2, 0) is 16.1 Å². The number of para-hydroxylation sites is 1. The summed E-state index contributed by atoms with van der Waals surface area (Å²) in [5.74, 6) is 6.17. The van der Waals surface area contributed by atoms with Crippen LogP contribution in [0.2, 0.25) is 0 Å². The predicted octanol–water partition coefficient (Wildman–Crippen LogP) is 3.22. The van der Waals surface area contributed by atoms with Crippen molar-refractivity contribution in [3.8, 4) is 11.8 Å². The van der Waals surface area contributed by atoms with Gasteiger partial charge >= 0.3 is 0 Å². The highest BCUT2D eigenvalue weighted by Gasteiger charge is 2.39. The molecule has 38 heavy (non-hydrogen) atoms. The lowest BCUT2D eigenvalue weighted by Crippen LogP contribution is -2.52. The average Bonchev–Trinajstić information content (AvgIpc) is 3.50. The van der Waals surface area contributed by atoms with Gasteiger partial charge in [-0.15, -0.1) is 0 Å². The molecule has 1 unspecified atom stereocenters. The molecule has 192 valence electrons. The summed E-state index contributed by atoms with van der Waals surface area (Å²) in [4.78, 5) is 56.3. The standard InChI is InChI=1S/C30H28N4O4/c35-27-11-10-26(28(36)32-27)34-18-21-16-20(8-9-22(21)30(34)38)5-3-4-19-12-14-33(15-13-19)29(37)24-17-31-25-7-2-1-6-23(24)25/h1-2,6-9,16-17,19,26,31H,4,10-15,18H2,(H,32,35,36). The van der Waals surface area contributed by atoms with E-state index in [-0.39, 0.29) is 24.1 Å². The number of piperidine rings is 2. The quantitative estimate of drug-likeness (QED) is 0.419. The molecule has 8 nitrogen and oxygen atoms in total. The summed E-state index contributed by atoms with van der Waals surface area (Å²) in [6, 6.07) is 12.8. The molecule has 6 rings (SSSR count). The van der Waals surface area contributed by atoms with Crippen LogP contribution in [0.4, 0.5) is 0 Å². The summed E-state index contributed by atoms with van der Waals surface area (Å²) in [5, 5.41) is 3.29. The molecule has 0 saturated carbocycles. The Labute approximate surface area is 220 Å². The van der Waals surface area contributed by atoms with Gasteiger partial charge in [0.1, 0.15) is 6.04 Å². The second-order valence-electron chi connectivity index (χ2n) is 10.3. The molecule has 2 fully saturated rings. The number of likely N-dealkylation sites (tertiary alicyclic amines) is 1. The largest absolute Gasteiger partial charge is 0.360 e. The maximum Gasteiger partial charge on any atom is 0.256 e. The molecule has 1 aromatic heterocycles. The SMILES string of the molecule is O=C1CCC(N2Cc3cc(C#CCC4CCN(C(=O)c5c[nH]c6ccccc56)CC4)ccc3C2=O)C(=O)N1. The second kappa shape index (κ2) is 9.82. The fraction of sp³-hybridized carbons (Fsp3) is 0.333. The van der Waals surface area contributed by atoms with E-state index in [0.29, 0.717) is 24.4 Å². The Balaban J connectivity index is 1.04. The molecule has 2 aromatic carbocycles. The molecule has 1 atom stereocenters. The topological polar surface area (TPSA) is 103 Å².